The Morgan fingerprint density at radius 1 is 1.06 bits per heavy atom. The number of nitrogens with one attached hydrogen (secondary N) is 1. The van der Waals surface area contributed by atoms with Crippen LogP contribution in [0.15, 0.2) is 65.5 Å². The van der Waals surface area contributed by atoms with Gasteiger partial charge in [0.15, 0.2) is 23.6 Å². The van der Waals surface area contributed by atoms with Crippen molar-refractivity contribution in [1.82, 2.24) is 0 Å². The Bertz CT molecular complexity index is 1350. The Balaban J connectivity index is 1.72. The van der Waals surface area contributed by atoms with E-state index in [2.05, 4.69) is 12.1 Å². The fourth-order valence-corrected chi connectivity index (χ4v) is 6.18. The third-order valence-electron chi connectivity index (χ3n) is 6.96. The predicted octanol–water partition coefficient (Wildman–Crippen LogP) is 3.76. The van der Waals surface area contributed by atoms with Gasteiger partial charge in [0.05, 0.1) is 38.5 Å². The molecule has 1 fully saturated rings. The maximum absolute atomic E-state index is 14.1. The van der Waals surface area contributed by atoms with Gasteiger partial charge < -0.3 is 9.47 Å². The molecule has 2 aromatic carbocycles. The average Bonchev–Trinajstić information content (AvgIpc) is 3.52. The molecule has 0 aliphatic carbocycles. The summed E-state index contributed by atoms with van der Waals surface area (Å²) in [4.78, 5) is 14.9. The lowest BCUT2D eigenvalue weighted by molar-refractivity contribution is -0.885. The largest absolute Gasteiger partial charge is 0.493 e. The van der Waals surface area contributed by atoms with E-state index in [0.29, 0.717) is 17.1 Å². The third-order valence-corrected chi connectivity index (χ3v) is 7.66. The van der Waals surface area contributed by atoms with Crippen molar-refractivity contribution in [2.75, 3.05) is 14.2 Å². The summed E-state index contributed by atoms with van der Waals surface area (Å²) >= 11 is 1.49. The molecule has 2 aliphatic heterocycles. The molecule has 0 radical (unpaired) electrons. The van der Waals surface area contributed by atoms with Gasteiger partial charge in [-0.25, -0.2) is 0 Å². The van der Waals surface area contributed by atoms with Crippen molar-refractivity contribution in [2.24, 2.45) is 5.41 Å². The number of Topliss-reactive ketones (excluding diaryl/α,β-unsaturated/α-hetero) is 1. The number of methoxy groups -OCH3 is 2. The number of carbonyl (C=O) groups is 1. The number of carbonyl (C=O) groups excluding carboxylic acids is 1. The highest BCUT2D eigenvalue weighted by atomic mass is 32.1. The van der Waals surface area contributed by atoms with Crippen LogP contribution in [-0.4, -0.2) is 26.0 Å². The highest BCUT2D eigenvalue weighted by molar-refractivity contribution is 7.08. The molecule has 3 heterocycles. The van der Waals surface area contributed by atoms with Crippen LogP contribution in [0.3, 0.4) is 0 Å². The first-order valence-electron chi connectivity index (χ1n) is 10.8. The van der Waals surface area contributed by atoms with Crippen LogP contribution in [0.5, 0.6) is 11.5 Å². The van der Waals surface area contributed by atoms with Gasteiger partial charge in [-0.3, -0.25) is 9.69 Å². The molecule has 0 saturated carbocycles. The fraction of sp³-hybridized carbons (Fsp3) is 0.222. The van der Waals surface area contributed by atoms with Gasteiger partial charge in [0.25, 0.3) is 0 Å². The summed E-state index contributed by atoms with van der Waals surface area (Å²) in [6.07, 6.45) is 3.91. The van der Waals surface area contributed by atoms with Crippen LogP contribution in [0, 0.1) is 28.1 Å². The first kappa shape index (κ1) is 21.9. The molecule has 7 heteroatoms. The van der Waals surface area contributed by atoms with E-state index in [4.69, 9.17) is 9.47 Å². The molecule has 1 N–H and O–H groups in total. The van der Waals surface area contributed by atoms with Crippen LogP contribution in [-0.2, 0) is 0 Å². The molecule has 0 bridgehead atoms. The molecule has 6 nitrogen and oxygen atoms in total. The number of benzene rings is 2. The standard InChI is InChI=1S/C27H21N3O3S/c1-32-21-8-7-18(13-22(21)33-2)25(31)24-23(19-10-12-34-14-19)27(15-28,16-29)26-20-6-4-3-5-17(20)9-11-30(24)26/h3-14,23-24,26H,1-2H3/p+1/t23-,24+,26-/m0/s1. The summed E-state index contributed by atoms with van der Waals surface area (Å²) in [5.74, 6) is 0.232. The van der Waals surface area contributed by atoms with Crippen molar-refractivity contribution in [3.8, 4) is 23.6 Å². The minimum absolute atomic E-state index is 0.145. The minimum Gasteiger partial charge on any atom is -0.493 e. The molecule has 1 unspecified atom stereocenters. The van der Waals surface area contributed by atoms with Crippen LogP contribution in [0.25, 0.3) is 6.08 Å². The smallest absolute Gasteiger partial charge is 0.221 e. The SMILES string of the molecule is COc1ccc(C(=O)[C@H]2[C@H](c3ccsc3)C(C#N)(C#N)[C@@H]3c4ccccc4C=C[NH+]32)cc1OC. The van der Waals surface area contributed by atoms with Gasteiger partial charge in [-0.2, -0.15) is 21.9 Å². The molecule has 3 aromatic rings. The Morgan fingerprint density at radius 2 is 1.82 bits per heavy atom. The lowest BCUT2D eigenvalue weighted by Crippen LogP contribution is -3.11. The van der Waals surface area contributed by atoms with Crippen LogP contribution in [0.2, 0.25) is 0 Å². The molecule has 34 heavy (non-hydrogen) atoms. The van der Waals surface area contributed by atoms with E-state index in [1.807, 2.05) is 53.4 Å². The van der Waals surface area contributed by atoms with Crippen molar-refractivity contribution < 1.29 is 19.2 Å². The van der Waals surface area contributed by atoms with Crippen LogP contribution in [0.4, 0.5) is 0 Å². The van der Waals surface area contributed by atoms with Crippen molar-refractivity contribution >= 4 is 23.2 Å². The topological polar surface area (TPSA) is 87.5 Å². The molecule has 2 aliphatic rings. The monoisotopic (exact) mass is 468 g/mol. The first-order chi connectivity index (χ1) is 16.6. The maximum Gasteiger partial charge on any atom is 0.221 e. The fourth-order valence-electron chi connectivity index (χ4n) is 5.49. The molecule has 0 amide bonds. The zero-order valence-corrected chi connectivity index (χ0v) is 19.5. The number of nitrogens with zero attached hydrogens (tertiary/aromatic N) is 2. The van der Waals surface area contributed by atoms with E-state index in [1.165, 1.54) is 18.4 Å². The number of thiophene rings is 1. The average molecular weight is 469 g/mol. The summed E-state index contributed by atoms with van der Waals surface area (Å²) in [6.45, 7) is 0. The number of hydrogen-bond acceptors (Lipinski definition) is 6. The van der Waals surface area contributed by atoms with E-state index in [9.17, 15) is 15.3 Å². The Morgan fingerprint density at radius 3 is 2.50 bits per heavy atom. The molecule has 0 spiro atoms. The molecular formula is C27H22N3O3S+. The van der Waals surface area contributed by atoms with Crippen molar-refractivity contribution in [2.45, 2.75) is 18.0 Å². The Labute approximate surface area is 201 Å². The summed E-state index contributed by atoms with van der Waals surface area (Å²) < 4.78 is 10.8. The molecular weight excluding hydrogens is 446 g/mol. The molecule has 1 aromatic heterocycles. The Hall–Kier alpha value is -3.91. The zero-order valence-electron chi connectivity index (χ0n) is 18.7. The number of hydrogen-bond donors (Lipinski definition) is 1. The Kier molecular flexibility index (Phi) is 5.45. The lowest BCUT2D eigenvalue weighted by Gasteiger charge is -2.29. The number of ether oxygens (including phenoxy) is 2. The van der Waals surface area contributed by atoms with Crippen molar-refractivity contribution in [1.29, 1.82) is 10.5 Å². The summed E-state index contributed by atoms with van der Waals surface area (Å²) in [7, 11) is 3.07. The maximum atomic E-state index is 14.1. The normalized spacial score (nSPS) is 23.8. The number of ketones is 1. The lowest BCUT2D eigenvalue weighted by atomic mass is 9.68. The van der Waals surface area contributed by atoms with E-state index in [0.717, 1.165) is 21.6 Å². The second kappa shape index (κ2) is 8.46. The van der Waals surface area contributed by atoms with Gasteiger partial charge in [-0.05, 0) is 52.2 Å². The number of nitriles is 2. The van der Waals surface area contributed by atoms with E-state index >= 15 is 0 Å². The van der Waals surface area contributed by atoms with Crippen molar-refractivity contribution in [3.63, 3.8) is 0 Å². The van der Waals surface area contributed by atoms with Crippen molar-refractivity contribution in [3.05, 3.63) is 87.7 Å². The van der Waals surface area contributed by atoms with Crippen LogP contribution in [0.1, 0.15) is 39.0 Å². The minimum atomic E-state index is -1.42. The predicted molar refractivity (Wildman–Crippen MR) is 128 cm³/mol. The highest BCUT2D eigenvalue weighted by Gasteiger charge is 2.68. The van der Waals surface area contributed by atoms with Crippen LogP contribution < -0.4 is 14.4 Å². The van der Waals surface area contributed by atoms with Gasteiger partial charge in [-0.1, -0.05) is 24.3 Å². The number of quaternary nitrogens is 1. The second-order valence-electron chi connectivity index (χ2n) is 8.43. The van der Waals surface area contributed by atoms with Gasteiger partial charge in [0.2, 0.25) is 11.2 Å². The summed E-state index contributed by atoms with van der Waals surface area (Å²) in [5.41, 5.74) is 1.74. The zero-order chi connectivity index (χ0) is 23.9. The summed E-state index contributed by atoms with van der Waals surface area (Å²) in [5, 5.41) is 24.9. The second-order valence-corrected chi connectivity index (χ2v) is 9.21. The van der Waals surface area contributed by atoms with E-state index in [1.54, 1.807) is 25.3 Å². The molecule has 5 rings (SSSR count). The van der Waals surface area contributed by atoms with Crippen LogP contribution >= 0.6 is 11.3 Å². The highest BCUT2D eigenvalue weighted by Crippen LogP contribution is 2.52. The van der Waals surface area contributed by atoms with Gasteiger partial charge in [-0.15, -0.1) is 0 Å². The molecule has 1 saturated heterocycles. The first-order valence-corrected chi connectivity index (χ1v) is 11.8. The summed E-state index contributed by atoms with van der Waals surface area (Å²) in [6, 6.07) is 18.4. The van der Waals surface area contributed by atoms with Gasteiger partial charge in [0.1, 0.15) is 0 Å². The quantitative estimate of drug-likeness (QED) is 0.576. The van der Waals surface area contributed by atoms with Gasteiger partial charge >= 0.3 is 0 Å². The van der Waals surface area contributed by atoms with Gasteiger partial charge in [0, 0.05) is 11.1 Å². The molecule has 168 valence electrons. The number of fused-ring (bicyclic) bond motifs is 3. The molecule has 4 atom stereocenters. The number of rotatable bonds is 5. The van der Waals surface area contributed by atoms with E-state index < -0.39 is 23.4 Å². The van der Waals surface area contributed by atoms with E-state index in [-0.39, 0.29) is 5.78 Å². The third kappa shape index (κ3) is 3.06.